The Kier molecular flexibility index (Phi) is 4.66. The first-order valence-corrected chi connectivity index (χ1v) is 5.56. The van der Waals surface area contributed by atoms with E-state index in [0.29, 0.717) is 0 Å². The molecule has 0 spiro atoms. The van der Waals surface area contributed by atoms with Crippen LogP contribution in [0.5, 0.6) is 0 Å². The molecule has 2 atom stereocenters. The van der Waals surface area contributed by atoms with Crippen molar-refractivity contribution in [3.63, 3.8) is 0 Å². The Bertz CT molecular complexity index is 371. The van der Waals surface area contributed by atoms with Gasteiger partial charge in [0.2, 0.25) is 0 Å². The Balaban J connectivity index is 2.71. The average molecular weight is 307 g/mol. The summed E-state index contributed by atoms with van der Waals surface area (Å²) in [5.41, 5.74) is 0. The van der Waals surface area contributed by atoms with E-state index in [4.69, 9.17) is 11.6 Å². The maximum absolute atomic E-state index is 12.9. The zero-order valence-electron chi connectivity index (χ0n) is 8.76. The van der Waals surface area contributed by atoms with E-state index in [2.05, 4.69) is 16.3 Å². The maximum atomic E-state index is 12.9. The first-order valence-electron chi connectivity index (χ1n) is 4.80. The minimum atomic E-state index is -4.19. The highest BCUT2D eigenvalue weighted by Crippen LogP contribution is 2.35. The smallest absolute Gasteiger partial charge is 0.417 e. The molecule has 0 aromatic heterocycles. The van der Waals surface area contributed by atoms with Crippen LogP contribution in [0.25, 0.3) is 0 Å². The van der Waals surface area contributed by atoms with Gasteiger partial charge in [0.1, 0.15) is 6.10 Å². The molecule has 1 rings (SSSR count). The number of hydrogen-bond acceptors (Lipinski definition) is 2. The molecule has 0 aromatic rings. The van der Waals surface area contributed by atoms with Gasteiger partial charge in [0, 0.05) is 6.42 Å². The van der Waals surface area contributed by atoms with Gasteiger partial charge in [-0.25, -0.2) is 4.79 Å². The summed E-state index contributed by atoms with van der Waals surface area (Å²) in [6, 6.07) is 0. The summed E-state index contributed by atoms with van der Waals surface area (Å²) in [6.07, 6.45) is 3.21. The van der Waals surface area contributed by atoms with Crippen LogP contribution in [0.15, 0.2) is 24.3 Å². The molecular formula is C10H8Cl2F4O2. The summed E-state index contributed by atoms with van der Waals surface area (Å²) < 4.78 is 54.9. The van der Waals surface area contributed by atoms with Gasteiger partial charge in [0.05, 0.1) is 5.92 Å². The number of allylic oxidation sites excluding steroid dienone is 3. The molecule has 102 valence electrons. The number of rotatable bonds is 3. The molecule has 8 heteroatoms. The van der Waals surface area contributed by atoms with E-state index in [1.807, 2.05) is 0 Å². The summed E-state index contributed by atoms with van der Waals surface area (Å²) >= 11 is 9.30. The molecule has 0 aromatic carbocycles. The van der Waals surface area contributed by atoms with Crippen LogP contribution in [-0.4, -0.2) is 22.8 Å². The van der Waals surface area contributed by atoms with Crippen molar-refractivity contribution in [2.24, 2.45) is 5.92 Å². The number of alkyl halides is 6. The molecule has 1 aliphatic carbocycles. The molecule has 0 heterocycles. The van der Waals surface area contributed by atoms with Crippen LogP contribution >= 0.6 is 23.2 Å². The van der Waals surface area contributed by atoms with E-state index >= 15 is 0 Å². The lowest BCUT2D eigenvalue weighted by Crippen LogP contribution is -2.31. The molecule has 0 radical (unpaired) electrons. The lowest BCUT2D eigenvalue weighted by atomic mass is 10.0. The minimum Gasteiger partial charge on any atom is -0.453 e. The fourth-order valence-corrected chi connectivity index (χ4v) is 1.53. The van der Waals surface area contributed by atoms with Crippen molar-refractivity contribution >= 4 is 29.2 Å². The highest BCUT2D eigenvalue weighted by molar-refractivity contribution is 6.31. The van der Waals surface area contributed by atoms with Gasteiger partial charge in [0.15, 0.2) is 0 Å². The van der Waals surface area contributed by atoms with Crippen molar-refractivity contribution in [2.75, 3.05) is 0 Å². The van der Waals surface area contributed by atoms with Crippen LogP contribution in [0.3, 0.4) is 0 Å². The number of carbonyl (C=O) groups excluding carboxylic acids is 1. The average Bonchev–Trinajstić information content (AvgIpc) is 2.40. The number of carbonyl (C=O) groups is 1. The Labute approximate surface area is 110 Å². The van der Waals surface area contributed by atoms with Crippen LogP contribution in [-0.2, 0) is 9.53 Å². The highest BCUT2D eigenvalue weighted by atomic mass is 35.5. The molecule has 0 unspecified atom stereocenters. The van der Waals surface area contributed by atoms with Gasteiger partial charge in [-0.05, 0) is 29.3 Å². The second-order valence-electron chi connectivity index (χ2n) is 3.60. The predicted octanol–water partition coefficient (Wildman–Crippen LogP) is 3.69. The van der Waals surface area contributed by atoms with Crippen LogP contribution in [0, 0.1) is 5.92 Å². The van der Waals surface area contributed by atoms with Gasteiger partial charge < -0.3 is 4.74 Å². The van der Waals surface area contributed by atoms with Crippen LogP contribution in [0.4, 0.5) is 17.6 Å². The molecule has 0 bridgehead atoms. The standard InChI is InChI=1S/C10H8Cl2F4O2/c11-9(13,14)6-3-1-2-4-7(5-6)18-8(17)10(12,15)16/h1-4,6-7H,5H2/t6-,7-/m0/s1. The van der Waals surface area contributed by atoms with Crippen molar-refractivity contribution in [2.45, 2.75) is 23.3 Å². The topological polar surface area (TPSA) is 26.3 Å². The fraction of sp³-hybridized carbons (Fsp3) is 0.500. The molecular weight excluding hydrogens is 299 g/mol. The minimum absolute atomic E-state index is 0.414. The largest absolute Gasteiger partial charge is 0.453 e. The Morgan fingerprint density at radius 3 is 2.22 bits per heavy atom. The molecule has 0 amide bonds. The van der Waals surface area contributed by atoms with Gasteiger partial charge in [-0.3, -0.25) is 0 Å². The van der Waals surface area contributed by atoms with Gasteiger partial charge in [-0.15, -0.1) is 0 Å². The second-order valence-corrected chi connectivity index (χ2v) is 4.57. The van der Waals surface area contributed by atoms with Crippen molar-refractivity contribution in [3.05, 3.63) is 24.3 Å². The molecule has 18 heavy (non-hydrogen) atoms. The quantitative estimate of drug-likeness (QED) is 0.451. The Hall–Kier alpha value is -0.750. The zero-order valence-corrected chi connectivity index (χ0v) is 10.3. The van der Waals surface area contributed by atoms with Crippen LogP contribution in [0.1, 0.15) is 6.42 Å². The molecule has 0 fully saturated rings. The van der Waals surface area contributed by atoms with Gasteiger partial charge in [-0.2, -0.15) is 17.6 Å². The van der Waals surface area contributed by atoms with Gasteiger partial charge >= 0.3 is 16.7 Å². The molecule has 0 saturated heterocycles. The van der Waals surface area contributed by atoms with Crippen molar-refractivity contribution in [1.82, 2.24) is 0 Å². The van der Waals surface area contributed by atoms with Crippen LogP contribution in [0.2, 0.25) is 0 Å². The zero-order chi connectivity index (χ0) is 14.0. The maximum Gasteiger partial charge on any atom is 0.417 e. The first-order chi connectivity index (χ1) is 8.10. The third-order valence-corrected chi connectivity index (χ3v) is 2.61. The van der Waals surface area contributed by atoms with Gasteiger partial charge in [-0.1, -0.05) is 18.2 Å². The normalized spacial score (nSPS) is 24.8. The SMILES string of the molecule is O=C(O[C@H]1C=CC=C[C@H](C(F)(F)Cl)C1)C(F)(F)Cl. The van der Waals surface area contributed by atoms with Crippen molar-refractivity contribution < 1.29 is 27.1 Å². The van der Waals surface area contributed by atoms with Crippen molar-refractivity contribution in [1.29, 1.82) is 0 Å². The summed E-state index contributed by atoms with van der Waals surface area (Å²) in [7, 11) is 0. The molecule has 0 aliphatic heterocycles. The lowest BCUT2D eigenvalue weighted by molar-refractivity contribution is -0.165. The number of ether oxygens (including phenoxy) is 1. The first kappa shape index (κ1) is 15.3. The molecule has 2 nitrogen and oxygen atoms in total. The van der Waals surface area contributed by atoms with E-state index < -0.39 is 35.2 Å². The third-order valence-electron chi connectivity index (χ3n) is 2.18. The Morgan fingerprint density at radius 2 is 1.72 bits per heavy atom. The molecule has 1 aliphatic rings. The summed E-state index contributed by atoms with van der Waals surface area (Å²) in [5.74, 6) is -3.42. The highest BCUT2D eigenvalue weighted by Gasteiger charge is 2.42. The lowest BCUT2D eigenvalue weighted by Gasteiger charge is -2.22. The van der Waals surface area contributed by atoms with E-state index in [9.17, 15) is 22.4 Å². The Morgan fingerprint density at radius 1 is 1.17 bits per heavy atom. The molecule has 0 saturated carbocycles. The molecule has 0 N–H and O–H groups in total. The summed E-state index contributed by atoms with van der Waals surface area (Å²) in [5, 5.41) is -7.75. The second kappa shape index (κ2) is 5.48. The van der Waals surface area contributed by atoms with E-state index in [-0.39, 0.29) is 0 Å². The van der Waals surface area contributed by atoms with E-state index in [0.717, 1.165) is 6.08 Å². The number of halogens is 6. The monoisotopic (exact) mass is 306 g/mol. The summed E-state index contributed by atoms with van der Waals surface area (Å²) in [4.78, 5) is 10.8. The van der Waals surface area contributed by atoms with Crippen molar-refractivity contribution in [3.8, 4) is 0 Å². The van der Waals surface area contributed by atoms with E-state index in [1.165, 1.54) is 18.2 Å². The van der Waals surface area contributed by atoms with E-state index in [1.54, 1.807) is 0 Å². The van der Waals surface area contributed by atoms with Gasteiger partial charge in [0.25, 0.3) is 0 Å². The third kappa shape index (κ3) is 4.49. The number of esters is 1. The fourth-order valence-electron chi connectivity index (χ4n) is 1.33. The number of hydrogen-bond donors (Lipinski definition) is 0. The summed E-state index contributed by atoms with van der Waals surface area (Å²) in [6.45, 7) is 0. The van der Waals surface area contributed by atoms with Crippen LogP contribution < -0.4 is 0 Å². The predicted molar refractivity (Wildman–Crippen MR) is 57.9 cm³/mol.